The summed E-state index contributed by atoms with van der Waals surface area (Å²) in [7, 11) is 2.86. The summed E-state index contributed by atoms with van der Waals surface area (Å²) in [4.78, 5) is 2.04. The van der Waals surface area contributed by atoms with Crippen molar-refractivity contribution in [3.05, 3.63) is 23.8 Å². The van der Waals surface area contributed by atoms with Gasteiger partial charge in [-0.2, -0.15) is 0 Å². The molecular formula is C16H26N2O5S. The van der Waals surface area contributed by atoms with E-state index in [9.17, 15) is 13.5 Å². The van der Waals surface area contributed by atoms with Crippen LogP contribution < -0.4 is 9.47 Å². The average molecular weight is 358 g/mol. The van der Waals surface area contributed by atoms with Crippen LogP contribution in [0.25, 0.3) is 0 Å². The molecule has 8 heteroatoms. The number of hydrogen-bond donors (Lipinski definition) is 1. The second-order valence-electron chi connectivity index (χ2n) is 6.24. The largest absolute Gasteiger partial charge is 0.493 e. The van der Waals surface area contributed by atoms with E-state index in [0.717, 1.165) is 5.56 Å². The number of β-amino-alcohol motifs (C(OH)–C–C–N with tert-alkyl or cyclic N) is 1. The second kappa shape index (κ2) is 7.69. The van der Waals surface area contributed by atoms with Crippen LogP contribution in [0.2, 0.25) is 0 Å². The van der Waals surface area contributed by atoms with Gasteiger partial charge in [-0.1, -0.05) is 12.1 Å². The maximum atomic E-state index is 12.0. The molecule has 1 heterocycles. The molecule has 1 aliphatic heterocycles. The van der Waals surface area contributed by atoms with Crippen LogP contribution in [0.1, 0.15) is 5.56 Å². The van der Waals surface area contributed by atoms with Gasteiger partial charge in [0.05, 0.1) is 26.1 Å². The number of aliphatic hydroxyl groups excluding tert-OH is 1. The highest BCUT2D eigenvalue weighted by Gasteiger charge is 2.35. The van der Waals surface area contributed by atoms with Gasteiger partial charge in [0.25, 0.3) is 0 Å². The van der Waals surface area contributed by atoms with Gasteiger partial charge in [0.1, 0.15) is 0 Å². The molecule has 1 saturated heterocycles. The van der Waals surface area contributed by atoms with E-state index >= 15 is 0 Å². The number of rotatable bonds is 7. The first-order valence-corrected chi connectivity index (χ1v) is 9.40. The summed E-state index contributed by atoms with van der Waals surface area (Å²) < 4.78 is 36.0. The van der Waals surface area contributed by atoms with Crippen molar-refractivity contribution >= 4 is 10.0 Å². The Balaban J connectivity index is 2.08. The maximum absolute atomic E-state index is 12.0. The van der Waals surface area contributed by atoms with Crippen molar-refractivity contribution in [2.75, 3.05) is 47.2 Å². The highest BCUT2D eigenvalue weighted by Crippen LogP contribution is 2.32. The molecule has 1 fully saturated rings. The molecule has 0 aromatic heterocycles. The number of ether oxygens (including phenoxy) is 2. The van der Waals surface area contributed by atoms with E-state index in [1.54, 1.807) is 14.2 Å². The predicted molar refractivity (Wildman–Crippen MR) is 91.8 cm³/mol. The predicted octanol–water partition coefficient (Wildman–Crippen LogP) is 0.388. The van der Waals surface area contributed by atoms with E-state index in [1.165, 1.54) is 18.4 Å². The number of aliphatic hydroxyl groups is 1. The molecule has 7 nitrogen and oxygen atoms in total. The van der Waals surface area contributed by atoms with Crippen molar-refractivity contribution in [2.24, 2.45) is 5.92 Å². The average Bonchev–Trinajstić information content (AvgIpc) is 2.85. The van der Waals surface area contributed by atoms with Gasteiger partial charge in [0, 0.05) is 45.2 Å². The summed E-state index contributed by atoms with van der Waals surface area (Å²) >= 11 is 0. The minimum Gasteiger partial charge on any atom is -0.493 e. The second-order valence-corrected chi connectivity index (χ2v) is 8.46. The molecule has 1 aliphatic rings. The van der Waals surface area contributed by atoms with E-state index < -0.39 is 16.1 Å². The molecule has 2 atom stereocenters. The number of sulfonamides is 1. The van der Waals surface area contributed by atoms with E-state index in [-0.39, 0.29) is 11.7 Å². The van der Waals surface area contributed by atoms with Gasteiger partial charge >= 0.3 is 0 Å². The normalized spacial score (nSPS) is 22.1. The van der Waals surface area contributed by atoms with Crippen molar-refractivity contribution < 1.29 is 23.0 Å². The number of hydrogen-bond acceptors (Lipinski definition) is 6. The Bertz CT molecular complexity index is 662. The van der Waals surface area contributed by atoms with Gasteiger partial charge in [-0.25, -0.2) is 12.7 Å². The molecule has 1 aromatic rings. The SMILES string of the molecule is COc1cccc(CN2CC(O)C(CS(=O)(=O)N(C)C)C2)c1OC. The molecule has 0 amide bonds. The van der Waals surface area contributed by atoms with Crippen molar-refractivity contribution in [2.45, 2.75) is 12.6 Å². The Morgan fingerprint density at radius 2 is 1.96 bits per heavy atom. The van der Waals surface area contributed by atoms with Crippen molar-refractivity contribution in [3.63, 3.8) is 0 Å². The van der Waals surface area contributed by atoms with Gasteiger partial charge < -0.3 is 14.6 Å². The minimum absolute atomic E-state index is 0.0487. The Morgan fingerprint density at radius 3 is 2.54 bits per heavy atom. The van der Waals surface area contributed by atoms with Gasteiger partial charge in [0.2, 0.25) is 10.0 Å². The van der Waals surface area contributed by atoms with Gasteiger partial charge in [0.15, 0.2) is 11.5 Å². The number of para-hydroxylation sites is 1. The lowest BCUT2D eigenvalue weighted by atomic mass is 10.1. The molecule has 2 unspecified atom stereocenters. The Hall–Kier alpha value is -1.35. The van der Waals surface area contributed by atoms with E-state index in [1.807, 2.05) is 23.1 Å². The molecular weight excluding hydrogens is 332 g/mol. The summed E-state index contributed by atoms with van der Waals surface area (Å²) in [5.74, 6) is 0.974. The van der Waals surface area contributed by atoms with Crippen LogP contribution in [0, 0.1) is 5.92 Å². The first-order valence-electron chi connectivity index (χ1n) is 7.79. The lowest BCUT2D eigenvalue weighted by molar-refractivity contribution is 0.148. The molecule has 0 bridgehead atoms. The molecule has 1 aromatic carbocycles. The zero-order chi connectivity index (χ0) is 17.9. The first-order chi connectivity index (χ1) is 11.3. The quantitative estimate of drug-likeness (QED) is 0.760. The molecule has 0 spiro atoms. The zero-order valence-electron chi connectivity index (χ0n) is 14.6. The van der Waals surface area contributed by atoms with Crippen LogP contribution in [0.4, 0.5) is 0 Å². The van der Waals surface area contributed by atoms with Crippen LogP contribution in [0.5, 0.6) is 11.5 Å². The fourth-order valence-electron chi connectivity index (χ4n) is 2.97. The Kier molecular flexibility index (Phi) is 6.08. The van der Waals surface area contributed by atoms with Crippen molar-refractivity contribution in [1.29, 1.82) is 0 Å². The number of methoxy groups -OCH3 is 2. The van der Waals surface area contributed by atoms with Crippen LogP contribution in [0.3, 0.4) is 0 Å². The summed E-state index contributed by atoms with van der Waals surface area (Å²) in [5.41, 5.74) is 0.945. The third-order valence-electron chi connectivity index (χ3n) is 4.34. The maximum Gasteiger partial charge on any atom is 0.214 e. The van der Waals surface area contributed by atoms with Crippen LogP contribution in [-0.4, -0.2) is 76.0 Å². The third-order valence-corrected chi connectivity index (χ3v) is 6.30. The fraction of sp³-hybridized carbons (Fsp3) is 0.625. The molecule has 136 valence electrons. The molecule has 0 saturated carbocycles. The Morgan fingerprint density at radius 1 is 1.25 bits per heavy atom. The number of benzene rings is 1. The topological polar surface area (TPSA) is 79.3 Å². The van der Waals surface area contributed by atoms with E-state index in [0.29, 0.717) is 31.1 Å². The van der Waals surface area contributed by atoms with E-state index in [4.69, 9.17) is 9.47 Å². The first kappa shape index (κ1) is 19.0. The monoisotopic (exact) mass is 358 g/mol. The van der Waals surface area contributed by atoms with Crippen LogP contribution in [0.15, 0.2) is 18.2 Å². The van der Waals surface area contributed by atoms with Crippen LogP contribution in [-0.2, 0) is 16.6 Å². The zero-order valence-corrected chi connectivity index (χ0v) is 15.4. The molecule has 2 rings (SSSR count). The van der Waals surface area contributed by atoms with Crippen molar-refractivity contribution in [3.8, 4) is 11.5 Å². The minimum atomic E-state index is -3.33. The summed E-state index contributed by atoms with van der Waals surface area (Å²) in [6.07, 6.45) is -0.656. The molecule has 24 heavy (non-hydrogen) atoms. The Labute approximate surface area is 143 Å². The number of nitrogens with zero attached hydrogens (tertiary/aromatic N) is 2. The molecule has 0 radical (unpaired) electrons. The highest BCUT2D eigenvalue weighted by molar-refractivity contribution is 7.89. The van der Waals surface area contributed by atoms with Gasteiger partial charge in [-0.05, 0) is 6.07 Å². The van der Waals surface area contributed by atoms with Crippen LogP contribution >= 0.6 is 0 Å². The summed E-state index contributed by atoms with van der Waals surface area (Å²) in [6, 6.07) is 5.66. The van der Waals surface area contributed by atoms with Gasteiger partial charge in [-0.15, -0.1) is 0 Å². The fourth-order valence-corrected chi connectivity index (χ4v) is 4.14. The van der Waals surface area contributed by atoms with E-state index in [2.05, 4.69) is 0 Å². The lowest BCUT2D eigenvalue weighted by Crippen LogP contribution is -2.33. The summed E-state index contributed by atoms with van der Waals surface area (Å²) in [6.45, 7) is 1.53. The smallest absolute Gasteiger partial charge is 0.214 e. The molecule has 0 aliphatic carbocycles. The lowest BCUT2D eigenvalue weighted by Gasteiger charge is -2.19. The summed E-state index contributed by atoms with van der Waals surface area (Å²) in [5, 5.41) is 10.2. The third kappa shape index (κ3) is 4.18. The van der Waals surface area contributed by atoms with Gasteiger partial charge in [-0.3, -0.25) is 4.90 Å². The van der Waals surface area contributed by atoms with Crippen molar-refractivity contribution in [1.82, 2.24) is 9.21 Å². The molecule has 1 N–H and O–H groups in total. The number of likely N-dealkylation sites (tertiary alicyclic amines) is 1. The highest BCUT2D eigenvalue weighted by atomic mass is 32.2. The standard InChI is InChI=1S/C16H26N2O5S/c1-17(2)24(20,21)11-13-9-18(10-14(13)19)8-12-6-5-7-15(22-3)16(12)23-4/h5-7,13-14,19H,8-11H2,1-4H3.